The van der Waals surface area contributed by atoms with Gasteiger partial charge >= 0.3 is 5.97 Å². The Kier molecular flexibility index (Phi) is 3.80. The van der Waals surface area contributed by atoms with Gasteiger partial charge in [-0.1, -0.05) is 0 Å². The second-order valence-electron chi connectivity index (χ2n) is 6.90. The van der Waals surface area contributed by atoms with Crippen molar-refractivity contribution in [3.05, 3.63) is 0 Å². The zero-order chi connectivity index (χ0) is 13.5. The second kappa shape index (κ2) is 5.27. The van der Waals surface area contributed by atoms with Crippen molar-refractivity contribution in [3.8, 4) is 0 Å². The van der Waals surface area contributed by atoms with E-state index in [9.17, 15) is 9.18 Å². The van der Waals surface area contributed by atoms with Crippen LogP contribution in [0.15, 0.2) is 0 Å². The highest BCUT2D eigenvalue weighted by atomic mass is 32.1. The van der Waals surface area contributed by atoms with E-state index in [1.54, 1.807) is 0 Å². The number of carbonyl (C=O) groups excluding carboxylic acids is 1. The van der Waals surface area contributed by atoms with Crippen LogP contribution in [0, 0.1) is 23.2 Å². The van der Waals surface area contributed by atoms with E-state index in [4.69, 9.17) is 4.74 Å². The number of ether oxygens (including phenoxy) is 1. The van der Waals surface area contributed by atoms with Crippen molar-refractivity contribution >= 4 is 18.6 Å². The number of hydrogen-bond donors (Lipinski definition) is 1. The summed E-state index contributed by atoms with van der Waals surface area (Å²) in [6.45, 7) is 0.211. The molecule has 0 aromatic rings. The van der Waals surface area contributed by atoms with Gasteiger partial charge in [0, 0.05) is 12.2 Å². The van der Waals surface area contributed by atoms with Crippen LogP contribution in [0.25, 0.3) is 0 Å². The van der Waals surface area contributed by atoms with Crippen LogP contribution in [-0.2, 0) is 9.53 Å². The van der Waals surface area contributed by atoms with E-state index in [0.29, 0.717) is 0 Å². The monoisotopic (exact) mass is 286 g/mol. The van der Waals surface area contributed by atoms with Gasteiger partial charge in [0.1, 0.15) is 6.17 Å². The Morgan fingerprint density at radius 3 is 2.21 bits per heavy atom. The zero-order valence-corrected chi connectivity index (χ0v) is 12.2. The van der Waals surface area contributed by atoms with Crippen LogP contribution in [0.3, 0.4) is 0 Å². The Bertz CT molecular complexity index is 323. The van der Waals surface area contributed by atoms with Crippen LogP contribution >= 0.6 is 12.6 Å². The molecule has 0 saturated heterocycles. The molecule has 0 aromatic heterocycles. The summed E-state index contributed by atoms with van der Waals surface area (Å²) in [7, 11) is 0. The van der Waals surface area contributed by atoms with E-state index >= 15 is 0 Å². The van der Waals surface area contributed by atoms with Crippen LogP contribution in [0.5, 0.6) is 0 Å². The molecule has 0 heterocycles. The van der Waals surface area contributed by atoms with Gasteiger partial charge in [0.2, 0.25) is 0 Å². The standard InChI is InChI=1S/C15H23FO2S/c16-13(9-19)1-2-18-14(17)15-6-10-3-11(7-15)5-12(4-10)8-15/h10-13,19H,1-9H2. The zero-order valence-electron chi connectivity index (χ0n) is 11.3. The summed E-state index contributed by atoms with van der Waals surface area (Å²) in [5.74, 6) is 2.38. The molecule has 0 N–H and O–H groups in total. The summed E-state index contributed by atoms with van der Waals surface area (Å²) in [5.41, 5.74) is -0.207. The Balaban J connectivity index is 1.57. The molecule has 4 rings (SSSR count). The summed E-state index contributed by atoms with van der Waals surface area (Å²) in [6, 6.07) is 0. The smallest absolute Gasteiger partial charge is 0.312 e. The van der Waals surface area contributed by atoms with E-state index < -0.39 is 6.17 Å². The minimum Gasteiger partial charge on any atom is -0.465 e. The van der Waals surface area contributed by atoms with Gasteiger partial charge in [0.25, 0.3) is 0 Å². The maximum atomic E-state index is 13.1. The highest BCUT2D eigenvalue weighted by Crippen LogP contribution is 2.60. The van der Waals surface area contributed by atoms with Crippen molar-refractivity contribution in [1.29, 1.82) is 0 Å². The van der Waals surface area contributed by atoms with Crippen molar-refractivity contribution in [3.63, 3.8) is 0 Å². The fourth-order valence-electron chi connectivity index (χ4n) is 4.88. The Hall–Kier alpha value is -0.250. The summed E-state index contributed by atoms with van der Waals surface area (Å²) in [5, 5.41) is 0. The summed E-state index contributed by atoms with van der Waals surface area (Å²) in [6.07, 6.45) is 6.32. The molecule has 4 saturated carbocycles. The van der Waals surface area contributed by atoms with Gasteiger partial charge in [-0.2, -0.15) is 12.6 Å². The average molecular weight is 286 g/mol. The first-order chi connectivity index (χ1) is 9.11. The van der Waals surface area contributed by atoms with E-state index in [2.05, 4.69) is 12.6 Å². The largest absolute Gasteiger partial charge is 0.465 e. The fourth-order valence-corrected chi connectivity index (χ4v) is 5.07. The van der Waals surface area contributed by atoms with Crippen LogP contribution in [0.2, 0.25) is 0 Å². The molecule has 0 radical (unpaired) electrons. The third kappa shape index (κ3) is 2.65. The number of halogens is 1. The van der Waals surface area contributed by atoms with Gasteiger partial charge < -0.3 is 4.74 Å². The molecule has 108 valence electrons. The number of hydrogen-bond acceptors (Lipinski definition) is 3. The van der Waals surface area contributed by atoms with Gasteiger partial charge in [-0.15, -0.1) is 0 Å². The number of alkyl halides is 1. The quantitative estimate of drug-likeness (QED) is 0.619. The molecule has 0 aliphatic heterocycles. The van der Waals surface area contributed by atoms with Crippen LogP contribution in [0.4, 0.5) is 4.39 Å². The molecule has 4 aliphatic rings. The van der Waals surface area contributed by atoms with Gasteiger partial charge in [-0.25, -0.2) is 4.39 Å². The molecule has 4 aliphatic carbocycles. The minimum absolute atomic E-state index is 0.0436. The first-order valence-electron chi connectivity index (χ1n) is 7.53. The molecule has 4 fully saturated rings. The number of esters is 1. The third-order valence-corrected chi connectivity index (χ3v) is 5.73. The molecule has 19 heavy (non-hydrogen) atoms. The maximum Gasteiger partial charge on any atom is 0.312 e. The molecule has 2 nitrogen and oxygen atoms in total. The van der Waals surface area contributed by atoms with Crippen molar-refractivity contribution in [1.82, 2.24) is 0 Å². The maximum absolute atomic E-state index is 13.1. The predicted octanol–water partition coefficient (Wildman–Crippen LogP) is 3.40. The van der Waals surface area contributed by atoms with Gasteiger partial charge in [-0.05, 0) is 56.3 Å². The molecule has 0 aromatic carbocycles. The molecular formula is C15H23FO2S. The van der Waals surface area contributed by atoms with Gasteiger partial charge in [0.05, 0.1) is 12.0 Å². The Labute approximate surface area is 119 Å². The average Bonchev–Trinajstić information content (AvgIpc) is 2.36. The number of rotatable bonds is 5. The molecule has 1 unspecified atom stereocenters. The normalized spacial score (nSPS) is 41.3. The van der Waals surface area contributed by atoms with Gasteiger partial charge in [-0.3, -0.25) is 4.79 Å². The van der Waals surface area contributed by atoms with Crippen LogP contribution in [0.1, 0.15) is 44.9 Å². The van der Waals surface area contributed by atoms with Crippen molar-refractivity contribution in [2.75, 3.05) is 12.4 Å². The number of thiol groups is 1. The van der Waals surface area contributed by atoms with Crippen LogP contribution < -0.4 is 0 Å². The lowest BCUT2D eigenvalue weighted by Gasteiger charge is -2.55. The van der Waals surface area contributed by atoms with E-state index in [0.717, 1.165) is 37.0 Å². The highest BCUT2D eigenvalue weighted by Gasteiger charge is 2.55. The lowest BCUT2D eigenvalue weighted by Crippen LogP contribution is -2.50. The molecular weight excluding hydrogens is 263 g/mol. The molecule has 0 amide bonds. The summed E-state index contributed by atoms with van der Waals surface area (Å²) in [4.78, 5) is 12.4. The Morgan fingerprint density at radius 2 is 1.74 bits per heavy atom. The fraction of sp³-hybridized carbons (Fsp3) is 0.933. The Morgan fingerprint density at radius 1 is 1.21 bits per heavy atom. The molecule has 4 bridgehead atoms. The molecule has 0 spiro atoms. The lowest BCUT2D eigenvalue weighted by atomic mass is 9.49. The lowest BCUT2D eigenvalue weighted by molar-refractivity contribution is -0.171. The van der Waals surface area contributed by atoms with E-state index in [1.165, 1.54) is 19.3 Å². The van der Waals surface area contributed by atoms with Crippen molar-refractivity contribution in [2.24, 2.45) is 23.2 Å². The highest BCUT2D eigenvalue weighted by molar-refractivity contribution is 7.80. The SMILES string of the molecule is O=C(OCCC(F)CS)C12CC3CC(CC(C3)C1)C2. The van der Waals surface area contributed by atoms with Crippen LogP contribution in [-0.4, -0.2) is 24.5 Å². The topological polar surface area (TPSA) is 26.3 Å². The second-order valence-corrected chi connectivity index (χ2v) is 7.27. The molecule has 1 atom stereocenters. The first kappa shape index (κ1) is 13.7. The summed E-state index contributed by atoms with van der Waals surface area (Å²) >= 11 is 3.90. The summed E-state index contributed by atoms with van der Waals surface area (Å²) < 4.78 is 18.5. The van der Waals surface area contributed by atoms with Crippen molar-refractivity contribution in [2.45, 2.75) is 51.1 Å². The van der Waals surface area contributed by atoms with Crippen molar-refractivity contribution < 1.29 is 13.9 Å². The number of carbonyl (C=O) groups is 1. The predicted molar refractivity (Wildman–Crippen MR) is 74.9 cm³/mol. The molecule has 4 heteroatoms. The third-order valence-electron chi connectivity index (χ3n) is 5.33. The first-order valence-corrected chi connectivity index (χ1v) is 8.17. The minimum atomic E-state index is -0.965. The van der Waals surface area contributed by atoms with Gasteiger partial charge in [0.15, 0.2) is 0 Å². The van der Waals surface area contributed by atoms with E-state index in [1.807, 2.05) is 0 Å². The van der Waals surface area contributed by atoms with E-state index in [-0.39, 0.29) is 30.2 Å².